The van der Waals surface area contributed by atoms with Gasteiger partial charge in [0.15, 0.2) is 11.2 Å². The van der Waals surface area contributed by atoms with E-state index in [1.165, 1.54) is 33.9 Å². The zero-order valence-electron chi connectivity index (χ0n) is 18.7. The minimum atomic E-state index is -4.47. The highest BCUT2D eigenvalue weighted by Gasteiger charge is 2.30. The van der Waals surface area contributed by atoms with E-state index in [9.17, 15) is 22.8 Å². The van der Waals surface area contributed by atoms with Gasteiger partial charge in [-0.25, -0.2) is 9.67 Å². The first kappa shape index (κ1) is 23.3. The number of para-hydroxylation sites is 1. The molecule has 0 saturated heterocycles. The van der Waals surface area contributed by atoms with Crippen LogP contribution in [0.25, 0.3) is 22.0 Å². The quantitative estimate of drug-likeness (QED) is 0.371. The third kappa shape index (κ3) is 4.69. The van der Waals surface area contributed by atoms with Gasteiger partial charge in [0.05, 0.1) is 31.3 Å². The molecule has 36 heavy (non-hydrogen) atoms. The Balaban J connectivity index is 1.24. The van der Waals surface area contributed by atoms with Crippen molar-refractivity contribution in [2.75, 3.05) is 6.54 Å². The summed E-state index contributed by atoms with van der Waals surface area (Å²) >= 11 is 0. The zero-order valence-corrected chi connectivity index (χ0v) is 18.7. The second-order valence-electron chi connectivity index (χ2n) is 8.13. The van der Waals surface area contributed by atoms with Gasteiger partial charge in [0, 0.05) is 11.9 Å². The fourth-order valence-electron chi connectivity index (χ4n) is 3.90. The SMILES string of the molecule is O=C(Cc1noc2ccccc12)NCCn1ncc2c(=O)n(Cc3cccc(C(F)(F)F)c3)cnc21. The van der Waals surface area contributed by atoms with E-state index in [-0.39, 0.29) is 37.3 Å². The Hall–Kier alpha value is -4.48. The van der Waals surface area contributed by atoms with Gasteiger partial charge in [-0.05, 0) is 29.8 Å². The molecule has 0 unspecified atom stereocenters. The van der Waals surface area contributed by atoms with E-state index in [0.717, 1.165) is 17.5 Å². The molecule has 5 aromatic rings. The van der Waals surface area contributed by atoms with Crippen molar-refractivity contribution < 1.29 is 22.5 Å². The second kappa shape index (κ2) is 9.29. The first-order chi connectivity index (χ1) is 17.3. The first-order valence-corrected chi connectivity index (χ1v) is 11.0. The van der Waals surface area contributed by atoms with Crippen LogP contribution in [0.2, 0.25) is 0 Å². The van der Waals surface area contributed by atoms with Crippen LogP contribution < -0.4 is 10.9 Å². The maximum absolute atomic E-state index is 13.0. The van der Waals surface area contributed by atoms with Crippen molar-refractivity contribution in [1.82, 2.24) is 29.8 Å². The predicted molar refractivity (Wildman–Crippen MR) is 123 cm³/mol. The number of aromatic nitrogens is 5. The van der Waals surface area contributed by atoms with Gasteiger partial charge in [0.2, 0.25) is 5.91 Å². The molecule has 0 bridgehead atoms. The lowest BCUT2D eigenvalue weighted by molar-refractivity contribution is -0.137. The molecule has 0 spiro atoms. The topological polar surface area (TPSA) is 108 Å². The number of nitrogens with zero attached hydrogens (tertiary/aromatic N) is 5. The van der Waals surface area contributed by atoms with Gasteiger partial charge in [-0.1, -0.05) is 29.4 Å². The number of benzene rings is 2. The lowest BCUT2D eigenvalue weighted by atomic mass is 10.1. The number of carbonyl (C=O) groups is 1. The number of amides is 1. The molecule has 5 rings (SSSR count). The van der Waals surface area contributed by atoms with Gasteiger partial charge in [0.1, 0.15) is 17.4 Å². The van der Waals surface area contributed by atoms with Crippen LogP contribution in [0.4, 0.5) is 13.2 Å². The van der Waals surface area contributed by atoms with Crippen LogP contribution in [0.3, 0.4) is 0 Å². The fourth-order valence-corrected chi connectivity index (χ4v) is 3.90. The summed E-state index contributed by atoms with van der Waals surface area (Å²) in [6.45, 7) is 0.433. The third-order valence-corrected chi connectivity index (χ3v) is 5.66. The maximum atomic E-state index is 13.0. The van der Waals surface area contributed by atoms with Gasteiger partial charge < -0.3 is 9.84 Å². The minimum Gasteiger partial charge on any atom is -0.356 e. The van der Waals surface area contributed by atoms with Gasteiger partial charge in [-0.3, -0.25) is 14.2 Å². The number of carbonyl (C=O) groups excluding carboxylic acids is 1. The molecule has 12 heteroatoms. The molecule has 0 aliphatic heterocycles. The summed E-state index contributed by atoms with van der Waals surface area (Å²) in [5.74, 6) is -0.248. The molecule has 1 amide bonds. The number of fused-ring (bicyclic) bond motifs is 2. The summed E-state index contributed by atoms with van der Waals surface area (Å²) in [7, 11) is 0. The Morgan fingerprint density at radius 1 is 1.08 bits per heavy atom. The fraction of sp³-hybridized carbons (Fsp3) is 0.208. The van der Waals surface area contributed by atoms with Crippen LogP contribution in [-0.2, 0) is 30.5 Å². The van der Waals surface area contributed by atoms with E-state index in [1.807, 2.05) is 18.2 Å². The molecular weight excluding hydrogens is 477 g/mol. The molecule has 184 valence electrons. The molecule has 1 N–H and O–H groups in total. The molecule has 0 saturated carbocycles. The zero-order chi connectivity index (χ0) is 25.3. The Labute approximate surface area is 201 Å². The monoisotopic (exact) mass is 496 g/mol. The molecular formula is C24H19F3N6O3. The highest BCUT2D eigenvalue weighted by molar-refractivity contribution is 5.86. The maximum Gasteiger partial charge on any atom is 0.416 e. The van der Waals surface area contributed by atoms with Crippen LogP contribution in [0.15, 0.2) is 70.4 Å². The molecule has 0 radical (unpaired) electrons. The van der Waals surface area contributed by atoms with Crippen LogP contribution in [0.1, 0.15) is 16.8 Å². The number of hydrogen-bond acceptors (Lipinski definition) is 6. The van der Waals surface area contributed by atoms with Crippen LogP contribution >= 0.6 is 0 Å². The molecule has 3 aromatic heterocycles. The number of rotatable bonds is 7. The summed E-state index contributed by atoms with van der Waals surface area (Å²) in [5, 5.41) is 11.9. The van der Waals surface area contributed by atoms with E-state index in [1.54, 1.807) is 6.07 Å². The molecule has 9 nitrogen and oxygen atoms in total. The second-order valence-corrected chi connectivity index (χ2v) is 8.13. The molecule has 0 atom stereocenters. The van der Waals surface area contributed by atoms with Gasteiger partial charge >= 0.3 is 6.18 Å². The Morgan fingerprint density at radius 2 is 1.92 bits per heavy atom. The van der Waals surface area contributed by atoms with Crippen LogP contribution in [0.5, 0.6) is 0 Å². The van der Waals surface area contributed by atoms with E-state index in [2.05, 4.69) is 20.6 Å². The van der Waals surface area contributed by atoms with Crippen molar-refractivity contribution >= 4 is 27.9 Å². The van der Waals surface area contributed by atoms with Crippen molar-refractivity contribution in [3.63, 3.8) is 0 Å². The average molecular weight is 496 g/mol. The Morgan fingerprint density at radius 3 is 2.75 bits per heavy atom. The van der Waals surface area contributed by atoms with Gasteiger partial charge in [-0.15, -0.1) is 0 Å². The van der Waals surface area contributed by atoms with Crippen molar-refractivity contribution in [1.29, 1.82) is 0 Å². The first-order valence-electron chi connectivity index (χ1n) is 11.0. The Kier molecular flexibility index (Phi) is 6.00. The summed E-state index contributed by atoms with van der Waals surface area (Å²) < 4.78 is 46.9. The van der Waals surface area contributed by atoms with E-state index < -0.39 is 17.3 Å². The van der Waals surface area contributed by atoms with E-state index in [4.69, 9.17) is 4.52 Å². The minimum absolute atomic E-state index is 0.0510. The molecule has 0 fully saturated rings. The average Bonchev–Trinajstić information content (AvgIpc) is 3.45. The standard InChI is InChI=1S/C24H19F3N6O3/c25-24(26,27)16-5-3-4-15(10-16)13-32-14-29-22-18(23(32)35)12-30-33(22)9-8-28-21(34)11-19-17-6-1-2-7-20(17)36-31-19/h1-7,10,12,14H,8-9,11,13H2,(H,28,34). The highest BCUT2D eigenvalue weighted by atomic mass is 19.4. The summed E-state index contributed by atoms with van der Waals surface area (Å²) in [4.78, 5) is 29.5. The normalized spacial score (nSPS) is 11.9. The van der Waals surface area contributed by atoms with Gasteiger partial charge in [0.25, 0.3) is 5.56 Å². The highest BCUT2D eigenvalue weighted by Crippen LogP contribution is 2.29. The smallest absolute Gasteiger partial charge is 0.356 e. The van der Waals surface area contributed by atoms with Crippen molar-refractivity contribution in [3.8, 4) is 0 Å². The van der Waals surface area contributed by atoms with Crippen molar-refractivity contribution in [3.05, 3.63) is 88.2 Å². The van der Waals surface area contributed by atoms with Crippen LogP contribution in [-0.4, -0.2) is 36.9 Å². The van der Waals surface area contributed by atoms with E-state index >= 15 is 0 Å². The van der Waals surface area contributed by atoms with Crippen molar-refractivity contribution in [2.24, 2.45) is 0 Å². The molecule has 0 aliphatic carbocycles. The molecule has 0 aliphatic rings. The summed E-state index contributed by atoms with van der Waals surface area (Å²) in [6.07, 6.45) is -1.79. The number of nitrogens with one attached hydrogen (secondary N) is 1. The summed E-state index contributed by atoms with van der Waals surface area (Å²) in [5.41, 5.74) is 0.572. The number of halogens is 3. The van der Waals surface area contributed by atoms with Gasteiger partial charge in [-0.2, -0.15) is 18.3 Å². The molecule has 3 heterocycles. The largest absolute Gasteiger partial charge is 0.416 e. The lowest BCUT2D eigenvalue weighted by Crippen LogP contribution is -2.29. The number of hydrogen-bond donors (Lipinski definition) is 1. The summed E-state index contributed by atoms with van der Waals surface area (Å²) in [6, 6.07) is 12.1. The predicted octanol–water partition coefficient (Wildman–Crippen LogP) is 3.16. The lowest BCUT2D eigenvalue weighted by Gasteiger charge is -2.10. The Bertz CT molecular complexity index is 1620. The molecule has 2 aromatic carbocycles. The third-order valence-electron chi connectivity index (χ3n) is 5.66. The van der Waals surface area contributed by atoms with Crippen molar-refractivity contribution in [2.45, 2.75) is 25.7 Å². The van der Waals surface area contributed by atoms with Crippen LogP contribution in [0, 0.1) is 0 Å². The van der Waals surface area contributed by atoms with E-state index in [0.29, 0.717) is 22.5 Å². The number of alkyl halides is 3.